The summed E-state index contributed by atoms with van der Waals surface area (Å²) in [6, 6.07) is 9.47. The lowest BCUT2D eigenvalue weighted by atomic mass is 10.2. The van der Waals surface area contributed by atoms with Crippen molar-refractivity contribution >= 4 is 11.8 Å². The van der Waals surface area contributed by atoms with Crippen molar-refractivity contribution in [3.8, 4) is 5.75 Å². The van der Waals surface area contributed by atoms with Gasteiger partial charge in [0.2, 0.25) is 0 Å². The first-order valence-corrected chi connectivity index (χ1v) is 6.51. The standard InChI is InChI=1S/C15H20O4/c1-13(16)7-5-12-19-15(17)10-6-11-18-14-8-3-2-4-9-14/h2-4,8-9H,5-7,10-12H2,1H3. The molecule has 1 aromatic rings. The summed E-state index contributed by atoms with van der Waals surface area (Å²) in [4.78, 5) is 22.0. The number of ketones is 1. The second kappa shape index (κ2) is 9.14. The van der Waals surface area contributed by atoms with E-state index in [2.05, 4.69) is 0 Å². The van der Waals surface area contributed by atoms with E-state index in [1.54, 1.807) is 0 Å². The average Bonchev–Trinajstić information content (AvgIpc) is 2.41. The van der Waals surface area contributed by atoms with Crippen LogP contribution in [0.1, 0.15) is 32.6 Å². The van der Waals surface area contributed by atoms with E-state index in [0.717, 1.165) is 5.75 Å². The summed E-state index contributed by atoms with van der Waals surface area (Å²) in [6.45, 7) is 2.34. The summed E-state index contributed by atoms with van der Waals surface area (Å²) in [7, 11) is 0. The average molecular weight is 264 g/mol. The fourth-order valence-electron chi connectivity index (χ4n) is 1.50. The minimum atomic E-state index is -0.236. The molecule has 0 saturated carbocycles. The van der Waals surface area contributed by atoms with Crippen molar-refractivity contribution < 1.29 is 19.1 Å². The Hall–Kier alpha value is -1.84. The Morgan fingerprint density at radius 2 is 1.68 bits per heavy atom. The van der Waals surface area contributed by atoms with Crippen molar-refractivity contribution in [1.82, 2.24) is 0 Å². The number of hydrogen-bond donors (Lipinski definition) is 0. The normalized spacial score (nSPS) is 9.95. The highest BCUT2D eigenvalue weighted by molar-refractivity contribution is 5.75. The predicted molar refractivity (Wildman–Crippen MR) is 72.0 cm³/mol. The van der Waals surface area contributed by atoms with E-state index in [4.69, 9.17) is 9.47 Å². The Morgan fingerprint density at radius 1 is 1.00 bits per heavy atom. The zero-order valence-corrected chi connectivity index (χ0v) is 11.3. The Bertz CT molecular complexity index is 386. The summed E-state index contributed by atoms with van der Waals surface area (Å²) in [6.07, 6.45) is 2.03. The molecule has 19 heavy (non-hydrogen) atoms. The second-order valence-corrected chi connectivity index (χ2v) is 4.29. The second-order valence-electron chi connectivity index (χ2n) is 4.29. The third-order valence-electron chi connectivity index (χ3n) is 2.47. The van der Waals surface area contributed by atoms with Crippen LogP contribution in [0, 0.1) is 0 Å². The first kappa shape index (κ1) is 15.2. The number of para-hydroxylation sites is 1. The van der Waals surface area contributed by atoms with Gasteiger partial charge in [0.25, 0.3) is 0 Å². The maximum absolute atomic E-state index is 11.3. The number of carbonyl (C=O) groups excluding carboxylic acids is 2. The van der Waals surface area contributed by atoms with E-state index >= 15 is 0 Å². The van der Waals surface area contributed by atoms with Crippen molar-refractivity contribution in [1.29, 1.82) is 0 Å². The van der Waals surface area contributed by atoms with Gasteiger partial charge in [-0.05, 0) is 31.9 Å². The first-order chi connectivity index (χ1) is 9.18. The number of carbonyl (C=O) groups is 2. The van der Waals surface area contributed by atoms with Crippen molar-refractivity contribution in [2.45, 2.75) is 32.6 Å². The molecule has 1 rings (SSSR count). The molecule has 0 amide bonds. The van der Waals surface area contributed by atoms with E-state index in [-0.39, 0.29) is 11.8 Å². The minimum Gasteiger partial charge on any atom is -0.494 e. The van der Waals surface area contributed by atoms with Crippen LogP contribution in [0.15, 0.2) is 30.3 Å². The summed E-state index contributed by atoms with van der Waals surface area (Å²) in [5.74, 6) is 0.685. The number of hydrogen-bond acceptors (Lipinski definition) is 4. The largest absolute Gasteiger partial charge is 0.494 e. The van der Waals surface area contributed by atoms with Gasteiger partial charge in [0.1, 0.15) is 11.5 Å². The van der Waals surface area contributed by atoms with Gasteiger partial charge in [-0.2, -0.15) is 0 Å². The Labute approximate surface area is 113 Å². The van der Waals surface area contributed by atoms with Crippen LogP contribution in [0.3, 0.4) is 0 Å². The minimum absolute atomic E-state index is 0.118. The van der Waals surface area contributed by atoms with Crippen LogP contribution in [0.5, 0.6) is 5.75 Å². The third kappa shape index (κ3) is 7.97. The fraction of sp³-hybridized carbons (Fsp3) is 0.467. The van der Waals surface area contributed by atoms with Gasteiger partial charge in [0.15, 0.2) is 0 Å². The first-order valence-electron chi connectivity index (χ1n) is 6.51. The number of benzene rings is 1. The van der Waals surface area contributed by atoms with Crippen LogP contribution >= 0.6 is 0 Å². The topological polar surface area (TPSA) is 52.6 Å². The maximum atomic E-state index is 11.3. The van der Waals surface area contributed by atoms with Gasteiger partial charge in [0.05, 0.1) is 13.2 Å². The molecule has 0 bridgehead atoms. The molecule has 0 atom stereocenters. The van der Waals surface area contributed by atoms with Gasteiger partial charge in [-0.3, -0.25) is 4.79 Å². The molecule has 0 aromatic heterocycles. The van der Waals surface area contributed by atoms with Crippen molar-refractivity contribution in [2.75, 3.05) is 13.2 Å². The molecule has 0 spiro atoms. The SMILES string of the molecule is CC(=O)CCCOC(=O)CCCOc1ccccc1. The molecule has 0 saturated heterocycles. The van der Waals surface area contributed by atoms with E-state index < -0.39 is 0 Å². The van der Waals surface area contributed by atoms with Gasteiger partial charge < -0.3 is 14.3 Å². The quantitative estimate of drug-likeness (QED) is 0.508. The lowest BCUT2D eigenvalue weighted by molar-refractivity contribution is -0.144. The van der Waals surface area contributed by atoms with Gasteiger partial charge in [-0.25, -0.2) is 0 Å². The molecule has 0 N–H and O–H groups in total. The van der Waals surface area contributed by atoms with E-state index in [1.165, 1.54) is 6.92 Å². The zero-order valence-electron chi connectivity index (χ0n) is 11.3. The Balaban J connectivity index is 2.00. The van der Waals surface area contributed by atoms with E-state index in [9.17, 15) is 9.59 Å². The van der Waals surface area contributed by atoms with Crippen molar-refractivity contribution in [3.63, 3.8) is 0 Å². The van der Waals surface area contributed by atoms with Gasteiger partial charge in [0, 0.05) is 12.8 Å². The number of Topliss-reactive ketones (excluding diaryl/α,β-unsaturated/α-hetero) is 1. The molecule has 0 unspecified atom stereocenters. The lowest BCUT2D eigenvalue weighted by Crippen LogP contribution is -2.08. The van der Waals surface area contributed by atoms with Crippen molar-refractivity contribution in [3.05, 3.63) is 30.3 Å². The van der Waals surface area contributed by atoms with Crippen LogP contribution in [-0.4, -0.2) is 25.0 Å². The molecule has 0 aliphatic carbocycles. The Morgan fingerprint density at radius 3 is 2.37 bits per heavy atom. The lowest BCUT2D eigenvalue weighted by Gasteiger charge is -2.06. The van der Waals surface area contributed by atoms with Gasteiger partial charge >= 0.3 is 5.97 Å². The Kier molecular flexibility index (Phi) is 7.32. The summed E-state index contributed by atoms with van der Waals surface area (Å²) in [5, 5.41) is 0. The van der Waals surface area contributed by atoms with Crippen LogP contribution in [-0.2, 0) is 14.3 Å². The highest BCUT2D eigenvalue weighted by atomic mass is 16.5. The van der Waals surface area contributed by atoms with Crippen LogP contribution < -0.4 is 4.74 Å². The van der Waals surface area contributed by atoms with Crippen LogP contribution in [0.4, 0.5) is 0 Å². The number of esters is 1. The molecule has 0 radical (unpaired) electrons. The number of ether oxygens (including phenoxy) is 2. The molecule has 0 aliphatic rings. The third-order valence-corrected chi connectivity index (χ3v) is 2.47. The van der Waals surface area contributed by atoms with Crippen LogP contribution in [0.2, 0.25) is 0 Å². The van der Waals surface area contributed by atoms with Crippen LogP contribution in [0.25, 0.3) is 0 Å². The highest BCUT2D eigenvalue weighted by Gasteiger charge is 2.03. The molecule has 0 heterocycles. The van der Waals surface area contributed by atoms with Crippen molar-refractivity contribution in [2.24, 2.45) is 0 Å². The maximum Gasteiger partial charge on any atom is 0.305 e. The molecule has 0 aliphatic heterocycles. The van der Waals surface area contributed by atoms with E-state index in [1.807, 2.05) is 30.3 Å². The molecule has 4 heteroatoms. The number of rotatable bonds is 9. The smallest absolute Gasteiger partial charge is 0.305 e. The monoisotopic (exact) mass is 264 g/mol. The summed E-state index contributed by atoms with van der Waals surface area (Å²) >= 11 is 0. The molecule has 104 valence electrons. The molecular weight excluding hydrogens is 244 g/mol. The highest BCUT2D eigenvalue weighted by Crippen LogP contribution is 2.09. The zero-order chi connectivity index (χ0) is 13.9. The molecule has 4 nitrogen and oxygen atoms in total. The summed E-state index contributed by atoms with van der Waals surface area (Å²) in [5.41, 5.74) is 0. The van der Waals surface area contributed by atoms with E-state index in [0.29, 0.717) is 38.9 Å². The summed E-state index contributed by atoms with van der Waals surface area (Å²) < 4.78 is 10.5. The predicted octanol–water partition coefficient (Wildman–Crippen LogP) is 2.76. The van der Waals surface area contributed by atoms with Gasteiger partial charge in [-0.1, -0.05) is 18.2 Å². The molecule has 0 fully saturated rings. The van der Waals surface area contributed by atoms with Gasteiger partial charge in [-0.15, -0.1) is 0 Å². The molecule has 1 aromatic carbocycles. The fourth-order valence-corrected chi connectivity index (χ4v) is 1.50. The molecular formula is C15H20O4.